The van der Waals surface area contributed by atoms with Crippen LogP contribution in [0.25, 0.3) is 0 Å². The van der Waals surface area contributed by atoms with Gasteiger partial charge >= 0.3 is 6.03 Å². The lowest BCUT2D eigenvalue weighted by Gasteiger charge is -2.15. The number of ether oxygens (including phenoxy) is 1. The van der Waals surface area contributed by atoms with E-state index in [1.165, 1.54) is 4.80 Å². The highest BCUT2D eigenvalue weighted by Gasteiger charge is 2.17. The zero-order valence-electron chi connectivity index (χ0n) is 15.5. The summed E-state index contributed by atoms with van der Waals surface area (Å²) in [5, 5.41) is 17.7. The van der Waals surface area contributed by atoms with Gasteiger partial charge < -0.3 is 15.4 Å². The van der Waals surface area contributed by atoms with E-state index >= 15 is 0 Å². The Kier molecular flexibility index (Phi) is 5.55. The van der Waals surface area contributed by atoms with Crippen molar-refractivity contribution in [2.75, 3.05) is 7.11 Å². The lowest BCUT2D eigenvalue weighted by Crippen LogP contribution is -2.35. The number of aryl methyl sites for hydroxylation is 2. The topological polar surface area (TPSA) is 107 Å². The molecular formula is C16H25N7O2. The van der Waals surface area contributed by atoms with Gasteiger partial charge in [-0.25, -0.2) is 9.78 Å². The van der Waals surface area contributed by atoms with Crippen molar-refractivity contribution < 1.29 is 9.53 Å². The first-order chi connectivity index (χ1) is 11.7. The molecule has 0 spiro atoms. The molecule has 0 aromatic carbocycles. The van der Waals surface area contributed by atoms with E-state index in [1.807, 2.05) is 40.7 Å². The van der Waals surface area contributed by atoms with Crippen molar-refractivity contribution in [2.24, 2.45) is 0 Å². The zero-order valence-corrected chi connectivity index (χ0v) is 15.5. The fourth-order valence-corrected chi connectivity index (χ4v) is 2.20. The maximum Gasteiger partial charge on any atom is 0.315 e. The number of hydrogen-bond donors (Lipinski definition) is 2. The van der Waals surface area contributed by atoms with Crippen LogP contribution in [-0.4, -0.2) is 38.3 Å². The molecule has 0 bridgehead atoms. The molecule has 9 heteroatoms. The van der Waals surface area contributed by atoms with Crippen molar-refractivity contribution in [3.8, 4) is 5.88 Å². The fraction of sp³-hybridized carbons (Fsp3) is 0.562. The van der Waals surface area contributed by atoms with Crippen LogP contribution in [0, 0.1) is 13.8 Å². The smallest absolute Gasteiger partial charge is 0.315 e. The van der Waals surface area contributed by atoms with Crippen LogP contribution in [0.15, 0.2) is 6.07 Å². The van der Waals surface area contributed by atoms with Gasteiger partial charge in [-0.15, -0.1) is 10.2 Å². The van der Waals surface area contributed by atoms with Crippen molar-refractivity contribution in [1.29, 1.82) is 0 Å². The van der Waals surface area contributed by atoms with Crippen molar-refractivity contribution in [3.63, 3.8) is 0 Å². The number of urea groups is 1. The minimum absolute atomic E-state index is 0.199. The van der Waals surface area contributed by atoms with Crippen LogP contribution in [0.1, 0.15) is 43.4 Å². The van der Waals surface area contributed by atoms with Gasteiger partial charge in [-0.3, -0.25) is 0 Å². The molecule has 2 amide bonds. The number of aromatic nitrogens is 5. The number of carbonyl (C=O) groups excluding carboxylic acids is 1. The second kappa shape index (κ2) is 7.45. The van der Waals surface area contributed by atoms with Gasteiger partial charge in [0.2, 0.25) is 5.88 Å². The standard InChI is InChI=1S/C16H25N7O2/c1-10-7-11(2)19-14(25-6)12(10)8-17-15(24)18-9-13-20-22-23(21-13)16(3,4)5/h7H,8-9H2,1-6H3,(H2,17,18,24). The number of hydrogen-bond acceptors (Lipinski definition) is 6. The summed E-state index contributed by atoms with van der Waals surface area (Å²) in [5.74, 6) is 0.975. The van der Waals surface area contributed by atoms with E-state index in [4.69, 9.17) is 4.74 Å². The Morgan fingerprint density at radius 1 is 1.24 bits per heavy atom. The molecule has 2 aromatic heterocycles. The first-order valence-corrected chi connectivity index (χ1v) is 8.03. The largest absolute Gasteiger partial charge is 0.481 e. The Labute approximate surface area is 147 Å². The van der Waals surface area contributed by atoms with Crippen molar-refractivity contribution in [2.45, 2.75) is 53.2 Å². The minimum Gasteiger partial charge on any atom is -0.481 e. The Morgan fingerprint density at radius 2 is 1.92 bits per heavy atom. The van der Waals surface area contributed by atoms with E-state index in [2.05, 4.69) is 31.0 Å². The molecule has 2 rings (SSSR count). The van der Waals surface area contributed by atoms with Crippen molar-refractivity contribution in [1.82, 2.24) is 35.8 Å². The van der Waals surface area contributed by atoms with Crippen LogP contribution in [0.3, 0.4) is 0 Å². The summed E-state index contributed by atoms with van der Waals surface area (Å²) in [5.41, 5.74) is 2.48. The molecule has 2 aromatic rings. The van der Waals surface area contributed by atoms with Crippen LogP contribution >= 0.6 is 0 Å². The molecule has 0 aliphatic carbocycles. The van der Waals surface area contributed by atoms with Crippen molar-refractivity contribution >= 4 is 6.03 Å². The molecule has 0 aliphatic heterocycles. The maximum absolute atomic E-state index is 12.0. The summed E-state index contributed by atoms with van der Waals surface area (Å²) in [4.78, 5) is 17.9. The first kappa shape index (κ1) is 18.6. The van der Waals surface area contributed by atoms with Crippen LogP contribution < -0.4 is 15.4 Å². The van der Waals surface area contributed by atoms with Crippen LogP contribution in [-0.2, 0) is 18.6 Å². The molecule has 0 fully saturated rings. The molecule has 2 heterocycles. The number of nitrogens with zero attached hydrogens (tertiary/aromatic N) is 5. The summed E-state index contributed by atoms with van der Waals surface area (Å²) >= 11 is 0. The highest BCUT2D eigenvalue weighted by molar-refractivity contribution is 5.73. The number of amides is 2. The van der Waals surface area contributed by atoms with E-state index in [-0.39, 0.29) is 18.1 Å². The summed E-state index contributed by atoms with van der Waals surface area (Å²) in [7, 11) is 1.56. The third-order valence-corrected chi connectivity index (χ3v) is 3.52. The van der Waals surface area contributed by atoms with E-state index in [1.54, 1.807) is 7.11 Å². The first-order valence-electron chi connectivity index (χ1n) is 8.03. The Morgan fingerprint density at radius 3 is 2.52 bits per heavy atom. The average molecular weight is 347 g/mol. The molecule has 0 saturated carbocycles. The third kappa shape index (κ3) is 4.88. The monoisotopic (exact) mass is 347 g/mol. The lowest BCUT2D eigenvalue weighted by atomic mass is 10.1. The quantitative estimate of drug-likeness (QED) is 0.848. The number of carbonyl (C=O) groups is 1. The van der Waals surface area contributed by atoms with Crippen LogP contribution in [0.4, 0.5) is 4.79 Å². The summed E-state index contributed by atoms with van der Waals surface area (Å²) in [6, 6.07) is 1.63. The fourth-order valence-electron chi connectivity index (χ4n) is 2.20. The van der Waals surface area contributed by atoms with Gasteiger partial charge in [-0.05, 0) is 51.5 Å². The van der Waals surface area contributed by atoms with E-state index in [0.717, 1.165) is 16.8 Å². The average Bonchev–Trinajstić information content (AvgIpc) is 3.00. The highest BCUT2D eigenvalue weighted by atomic mass is 16.5. The summed E-state index contributed by atoms with van der Waals surface area (Å²) in [6.07, 6.45) is 0. The molecule has 0 radical (unpaired) electrons. The number of pyridine rings is 1. The minimum atomic E-state index is -0.325. The summed E-state index contributed by atoms with van der Waals surface area (Å²) in [6.45, 7) is 10.3. The molecular weight excluding hydrogens is 322 g/mol. The van der Waals surface area contributed by atoms with Gasteiger partial charge in [0, 0.05) is 11.3 Å². The van der Waals surface area contributed by atoms with Crippen LogP contribution in [0.2, 0.25) is 0 Å². The molecule has 0 aliphatic rings. The van der Waals surface area contributed by atoms with E-state index < -0.39 is 0 Å². The SMILES string of the molecule is COc1nc(C)cc(C)c1CNC(=O)NCc1nnn(C(C)(C)C)n1. The summed E-state index contributed by atoms with van der Waals surface area (Å²) < 4.78 is 5.29. The van der Waals surface area contributed by atoms with Gasteiger partial charge in [0.05, 0.1) is 25.7 Å². The molecule has 9 nitrogen and oxygen atoms in total. The molecule has 0 unspecified atom stereocenters. The van der Waals surface area contributed by atoms with Crippen molar-refractivity contribution in [3.05, 3.63) is 28.7 Å². The van der Waals surface area contributed by atoms with Crippen LogP contribution in [0.5, 0.6) is 5.88 Å². The van der Waals surface area contributed by atoms with Gasteiger partial charge in [0.1, 0.15) is 0 Å². The highest BCUT2D eigenvalue weighted by Crippen LogP contribution is 2.20. The molecule has 25 heavy (non-hydrogen) atoms. The second-order valence-electron chi connectivity index (χ2n) is 6.77. The van der Waals surface area contributed by atoms with E-state index in [9.17, 15) is 4.79 Å². The molecule has 136 valence electrons. The van der Waals surface area contributed by atoms with Gasteiger partial charge in [-0.2, -0.15) is 4.80 Å². The number of tetrazole rings is 1. The Balaban J connectivity index is 1.90. The Bertz CT molecular complexity index is 749. The number of rotatable bonds is 5. The number of nitrogens with one attached hydrogen (secondary N) is 2. The predicted octanol–water partition coefficient (Wildman–Crippen LogP) is 1.45. The molecule has 2 N–H and O–H groups in total. The molecule has 0 atom stereocenters. The second-order valence-corrected chi connectivity index (χ2v) is 6.77. The van der Waals surface area contributed by atoms with E-state index in [0.29, 0.717) is 18.2 Å². The van der Waals surface area contributed by atoms with Gasteiger partial charge in [0.15, 0.2) is 5.82 Å². The van der Waals surface area contributed by atoms with Gasteiger partial charge in [0.25, 0.3) is 0 Å². The zero-order chi connectivity index (χ0) is 18.6. The van der Waals surface area contributed by atoms with Gasteiger partial charge in [-0.1, -0.05) is 0 Å². The third-order valence-electron chi connectivity index (χ3n) is 3.52. The maximum atomic E-state index is 12.0. The number of methoxy groups -OCH3 is 1. The Hall–Kier alpha value is -2.71. The normalized spacial score (nSPS) is 11.3. The lowest BCUT2D eigenvalue weighted by molar-refractivity contribution is 0.239. The predicted molar refractivity (Wildman–Crippen MR) is 92.2 cm³/mol. The molecule has 0 saturated heterocycles.